The summed E-state index contributed by atoms with van der Waals surface area (Å²) < 4.78 is 5.39. The summed E-state index contributed by atoms with van der Waals surface area (Å²) in [6, 6.07) is 20.1. The van der Waals surface area contributed by atoms with Crippen LogP contribution in [0.5, 0.6) is 0 Å². The van der Waals surface area contributed by atoms with Crippen molar-refractivity contribution in [3.8, 4) is 22.5 Å². The van der Waals surface area contributed by atoms with Crippen LogP contribution in [0.4, 0.5) is 0 Å². The predicted octanol–water partition coefficient (Wildman–Crippen LogP) is 4.29. The van der Waals surface area contributed by atoms with Gasteiger partial charge in [-0.1, -0.05) is 72.4 Å². The molecule has 144 valence electrons. The number of imidazole rings is 1. The summed E-state index contributed by atoms with van der Waals surface area (Å²) in [4.78, 5) is 19.9. The Hall–Kier alpha value is -2.57. The fraction of sp³-hybridized carbons (Fsp3) is 0.273. The molecule has 1 saturated heterocycles. The minimum atomic E-state index is -1.01. The molecule has 1 fully saturated rings. The zero-order valence-electron chi connectivity index (χ0n) is 15.6. The van der Waals surface area contributed by atoms with E-state index in [1.807, 2.05) is 48.5 Å². The van der Waals surface area contributed by atoms with Crippen molar-refractivity contribution >= 4 is 17.7 Å². The molecule has 3 aromatic rings. The van der Waals surface area contributed by atoms with Gasteiger partial charge in [0.2, 0.25) is 0 Å². The molecule has 5 nitrogen and oxygen atoms in total. The molecule has 0 bridgehead atoms. The van der Waals surface area contributed by atoms with E-state index in [2.05, 4.69) is 17.1 Å². The third-order valence-corrected chi connectivity index (χ3v) is 5.69. The maximum absolute atomic E-state index is 11.7. The first-order valence-electron chi connectivity index (χ1n) is 9.26. The van der Waals surface area contributed by atoms with Crippen molar-refractivity contribution < 1.29 is 14.6 Å². The van der Waals surface area contributed by atoms with E-state index in [1.54, 1.807) is 6.92 Å². The van der Waals surface area contributed by atoms with Crippen molar-refractivity contribution in [3.05, 3.63) is 60.7 Å². The lowest BCUT2D eigenvalue weighted by Gasteiger charge is -2.32. The number of rotatable bonds is 5. The first-order chi connectivity index (χ1) is 13.5. The molecular formula is C22H22N2O3S. The van der Waals surface area contributed by atoms with Gasteiger partial charge in [0.05, 0.1) is 23.4 Å². The smallest absolute Gasteiger partial charge is 0.309 e. The molecular weight excluding hydrogens is 372 g/mol. The van der Waals surface area contributed by atoms with Gasteiger partial charge in [-0.25, -0.2) is 4.98 Å². The summed E-state index contributed by atoms with van der Waals surface area (Å²) >= 11 is 1.50. The Balaban J connectivity index is 1.58. The van der Waals surface area contributed by atoms with E-state index in [0.717, 1.165) is 27.7 Å². The number of benzene rings is 2. The van der Waals surface area contributed by atoms with Crippen molar-refractivity contribution in [2.24, 2.45) is 0 Å². The summed E-state index contributed by atoms with van der Waals surface area (Å²) in [6.45, 7) is 1.68. The van der Waals surface area contributed by atoms with Crippen molar-refractivity contribution in [2.75, 3.05) is 5.75 Å². The van der Waals surface area contributed by atoms with Gasteiger partial charge in [-0.05, 0) is 6.92 Å². The van der Waals surface area contributed by atoms with Crippen LogP contribution in [0.3, 0.4) is 0 Å². The van der Waals surface area contributed by atoms with E-state index in [4.69, 9.17) is 9.72 Å². The number of esters is 1. The molecule has 2 aromatic carbocycles. The second-order valence-electron chi connectivity index (χ2n) is 7.30. The number of carbonyl (C=O) groups excluding carboxylic acids is 1. The first-order valence-corrected chi connectivity index (χ1v) is 10.2. The summed E-state index contributed by atoms with van der Waals surface area (Å²) in [6.07, 6.45) is 0.154. The fourth-order valence-corrected chi connectivity index (χ4v) is 4.31. The molecule has 0 aliphatic carbocycles. The molecule has 0 spiro atoms. The lowest BCUT2D eigenvalue weighted by molar-refractivity contribution is -0.165. The van der Waals surface area contributed by atoms with Crippen LogP contribution >= 0.6 is 11.8 Å². The summed E-state index contributed by atoms with van der Waals surface area (Å²) in [5, 5.41) is 11.0. The molecule has 2 atom stereocenters. The Morgan fingerprint density at radius 2 is 1.79 bits per heavy atom. The quantitative estimate of drug-likeness (QED) is 0.499. The molecule has 1 aliphatic rings. The van der Waals surface area contributed by atoms with Crippen molar-refractivity contribution in [3.63, 3.8) is 0 Å². The van der Waals surface area contributed by atoms with Gasteiger partial charge < -0.3 is 14.8 Å². The third-order valence-electron chi connectivity index (χ3n) is 4.69. The summed E-state index contributed by atoms with van der Waals surface area (Å²) in [5.41, 5.74) is 2.95. The number of thioether (sulfide) groups is 1. The topological polar surface area (TPSA) is 75.2 Å². The number of ether oxygens (including phenoxy) is 1. The Kier molecular flexibility index (Phi) is 5.24. The van der Waals surface area contributed by atoms with Gasteiger partial charge in [-0.2, -0.15) is 0 Å². The van der Waals surface area contributed by atoms with Crippen LogP contribution in [0.15, 0.2) is 65.8 Å². The number of aromatic amines is 1. The van der Waals surface area contributed by atoms with Crippen LogP contribution in [-0.4, -0.2) is 38.5 Å². The number of nitrogens with one attached hydrogen (secondary N) is 1. The highest BCUT2D eigenvalue weighted by Crippen LogP contribution is 2.34. The van der Waals surface area contributed by atoms with Crippen LogP contribution in [0.1, 0.15) is 19.8 Å². The Morgan fingerprint density at radius 1 is 1.14 bits per heavy atom. The lowest BCUT2D eigenvalue weighted by atomic mass is 9.93. The van der Waals surface area contributed by atoms with Gasteiger partial charge in [-0.3, -0.25) is 4.79 Å². The summed E-state index contributed by atoms with van der Waals surface area (Å²) in [7, 11) is 0. The normalized spacial score (nSPS) is 22.1. The number of aromatic nitrogens is 2. The van der Waals surface area contributed by atoms with Crippen molar-refractivity contribution in [1.82, 2.24) is 9.97 Å². The fourth-order valence-electron chi connectivity index (χ4n) is 3.45. The maximum Gasteiger partial charge on any atom is 0.309 e. The molecule has 0 unspecified atom stereocenters. The molecule has 1 aromatic heterocycles. The van der Waals surface area contributed by atoms with Crippen LogP contribution in [0.2, 0.25) is 0 Å². The third kappa shape index (κ3) is 4.29. The monoisotopic (exact) mass is 394 g/mol. The second-order valence-corrected chi connectivity index (χ2v) is 8.31. The molecule has 4 rings (SSSR count). The standard InChI is InChI=1S/C22H22N2O3S/c1-22(26)12-17(27-18(25)13-22)14-28-21-23-19(15-8-4-2-5-9-15)20(24-21)16-10-6-3-7-11-16/h2-11,17,26H,12-14H2,1H3,(H,23,24)/t17-,22+/m1/s1. The molecule has 1 aliphatic heterocycles. The number of H-pyrrole nitrogens is 1. The van der Waals surface area contributed by atoms with Gasteiger partial charge >= 0.3 is 5.97 Å². The molecule has 6 heteroatoms. The number of nitrogens with zero attached hydrogens (tertiary/aromatic N) is 1. The minimum absolute atomic E-state index is 0.0469. The second kappa shape index (κ2) is 7.81. The highest BCUT2D eigenvalue weighted by atomic mass is 32.2. The molecule has 0 amide bonds. The number of aliphatic hydroxyl groups is 1. The molecule has 28 heavy (non-hydrogen) atoms. The predicted molar refractivity (Wildman–Crippen MR) is 110 cm³/mol. The SMILES string of the molecule is C[C@@]1(O)CC(=O)O[C@@H](CSc2nc(-c3ccccc3)c(-c3ccccc3)[nH]2)C1. The number of carbonyl (C=O) groups is 1. The average Bonchev–Trinajstić information content (AvgIpc) is 3.11. The Labute approximate surface area is 168 Å². The zero-order valence-corrected chi connectivity index (χ0v) is 16.4. The molecule has 0 radical (unpaired) electrons. The summed E-state index contributed by atoms with van der Waals surface area (Å²) in [5.74, 6) is 0.189. The number of hydrogen-bond acceptors (Lipinski definition) is 5. The molecule has 2 N–H and O–H groups in total. The van der Waals surface area contributed by atoms with E-state index < -0.39 is 5.60 Å². The number of cyclic esters (lactones) is 1. The number of hydrogen-bond donors (Lipinski definition) is 2. The highest BCUT2D eigenvalue weighted by molar-refractivity contribution is 7.99. The Morgan fingerprint density at radius 3 is 2.43 bits per heavy atom. The zero-order chi connectivity index (χ0) is 19.6. The van der Waals surface area contributed by atoms with E-state index in [9.17, 15) is 9.90 Å². The van der Waals surface area contributed by atoms with Gasteiger partial charge in [-0.15, -0.1) is 0 Å². The first kappa shape index (κ1) is 18.8. The van der Waals surface area contributed by atoms with Gasteiger partial charge in [0, 0.05) is 23.3 Å². The van der Waals surface area contributed by atoms with Crippen LogP contribution in [0, 0.1) is 0 Å². The highest BCUT2D eigenvalue weighted by Gasteiger charge is 2.36. The molecule has 2 heterocycles. The van der Waals surface area contributed by atoms with E-state index in [1.165, 1.54) is 11.8 Å². The van der Waals surface area contributed by atoms with E-state index in [0.29, 0.717) is 12.2 Å². The largest absolute Gasteiger partial charge is 0.461 e. The molecule has 0 saturated carbocycles. The van der Waals surface area contributed by atoms with Crippen LogP contribution in [-0.2, 0) is 9.53 Å². The van der Waals surface area contributed by atoms with E-state index >= 15 is 0 Å². The van der Waals surface area contributed by atoms with Gasteiger partial charge in [0.15, 0.2) is 5.16 Å². The minimum Gasteiger partial charge on any atom is -0.461 e. The van der Waals surface area contributed by atoms with Gasteiger partial charge in [0.25, 0.3) is 0 Å². The average molecular weight is 394 g/mol. The van der Waals surface area contributed by atoms with Gasteiger partial charge in [0.1, 0.15) is 6.10 Å². The van der Waals surface area contributed by atoms with E-state index in [-0.39, 0.29) is 18.5 Å². The maximum atomic E-state index is 11.7. The lowest BCUT2D eigenvalue weighted by Crippen LogP contribution is -2.41. The van der Waals surface area contributed by atoms with Crippen LogP contribution in [0.25, 0.3) is 22.5 Å². The Bertz CT molecular complexity index is 897. The van der Waals surface area contributed by atoms with Crippen molar-refractivity contribution in [1.29, 1.82) is 0 Å². The van der Waals surface area contributed by atoms with Crippen molar-refractivity contribution in [2.45, 2.75) is 36.6 Å². The van der Waals surface area contributed by atoms with Crippen LogP contribution < -0.4 is 0 Å².